The van der Waals surface area contributed by atoms with Crippen LogP contribution < -0.4 is 5.90 Å². The molecule has 0 aliphatic heterocycles. The quantitative estimate of drug-likeness (QED) is 0.770. The normalized spacial score (nSPS) is 12.1. The van der Waals surface area contributed by atoms with Crippen LogP contribution in [0.25, 0.3) is 0 Å². The van der Waals surface area contributed by atoms with Crippen LogP contribution in [-0.2, 0) is 10.3 Å². The molecule has 0 radical (unpaired) electrons. The molecule has 1 aromatic carbocycles. The molecule has 0 fully saturated rings. The van der Waals surface area contributed by atoms with Crippen LogP contribution >= 0.6 is 0 Å². The molecule has 2 nitrogen and oxygen atoms in total. The smallest absolute Gasteiger partial charge is 0.0770 e. The fourth-order valence-corrected chi connectivity index (χ4v) is 1.61. The second-order valence-electron chi connectivity index (χ2n) is 4.97. The van der Waals surface area contributed by atoms with Gasteiger partial charge in [0.25, 0.3) is 0 Å². The monoisotopic (exact) mass is 207 g/mol. The minimum atomic E-state index is -0.0236. The third kappa shape index (κ3) is 3.05. The van der Waals surface area contributed by atoms with Gasteiger partial charge in [0.1, 0.15) is 0 Å². The highest BCUT2D eigenvalue weighted by atomic mass is 16.6. The number of nitrogens with two attached hydrogens (primary N) is 1. The van der Waals surface area contributed by atoms with Crippen LogP contribution in [0.3, 0.4) is 0 Å². The zero-order valence-electron chi connectivity index (χ0n) is 10.1. The standard InChI is InChI=1S/C13H21NO/c1-10(2)11-5-7-12(8-6-11)13(3,4)9-15-14/h5-8,10H,9,14H2,1-4H3. The molecule has 0 aliphatic carbocycles. The molecule has 1 rings (SSSR count). The van der Waals surface area contributed by atoms with E-state index in [1.54, 1.807) is 0 Å². The van der Waals surface area contributed by atoms with Crippen molar-refractivity contribution in [3.05, 3.63) is 35.4 Å². The fourth-order valence-electron chi connectivity index (χ4n) is 1.61. The third-order valence-electron chi connectivity index (χ3n) is 2.80. The third-order valence-corrected chi connectivity index (χ3v) is 2.80. The average Bonchev–Trinajstić information content (AvgIpc) is 2.18. The maximum absolute atomic E-state index is 5.13. The van der Waals surface area contributed by atoms with Gasteiger partial charge in [-0.05, 0) is 17.0 Å². The van der Waals surface area contributed by atoms with E-state index in [-0.39, 0.29) is 5.41 Å². The van der Waals surface area contributed by atoms with Crippen LogP contribution in [0.5, 0.6) is 0 Å². The molecule has 2 heteroatoms. The maximum atomic E-state index is 5.13. The molecule has 0 spiro atoms. The van der Waals surface area contributed by atoms with E-state index in [0.717, 1.165) is 0 Å². The van der Waals surface area contributed by atoms with E-state index in [2.05, 4.69) is 52.0 Å². The summed E-state index contributed by atoms with van der Waals surface area (Å²) in [5, 5.41) is 0. The first-order valence-electron chi connectivity index (χ1n) is 5.39. The summed E-state index contributed by atoms with van der Waals surface area (Å²) in [4.78, 5) is 4.74. The zero-order chi connectivity index (χ0) is 11.5. The van der Waals surface area contributed by atoms with E-state index in [0.29, 0.717) is 12.5 Å². The molecule has 0 aliphatic rings. The summed E-state index contributed by atoms with van der Waals surface area (Å²) in [6, 6.07) is 8.68. The Bertz CT molecular complexity index is 301. The molecule has 0 heterocycles. The molecule has 0 bridgehead atoms. The van der Waals surface area contributed by atoms with E-state index in [1.165, 1.54) is 11.1 Å². The number of hydrogen-bond acceptors (Lipinski definition) is 2. The van der Waals surface area contributed by atoms with Gasteiger partial charge in [0.2, 0.25) is 0 Å². The minimum absolute atomic E-state index is 0.0236. The van der Waals surface area contributed by atoms with Crippen molar-refractivity contribution in [2.24, 2.45) is 5.90 Å². The van der Waals surface area contributed by atoms with E-state index < -0.39 is 0 Å². The maximum Gasteiger partial charge on any atom is 0.0770 e. The summed E-state index contributed by atoms with van der Waals surface area (Å²) in [6.07, 6.45) is 0. The highest BCUT2D eigenvalue weighted by Gasteiger charge is 2.20. The number of hydrogen-bond donors (Lipinski definition) is 1. The van der Waals surface area contributed by atoms with Gasteiger partial charge in [0.15, 0.2) is 0 Å². The van der Waals surface area contributed by atoms with Gasteiger partial charge in [-0.25, -0.2) is 5.90 Å². The topological polar surface area (TPSA) is 35.2 Å². The molecule has 2 N–H and O–H groups in total. The lowest BCUT2D eigenvalue weighted by Crippen LogP contribution is -2.26. The Morgan fingerprint density at radius 2 is 1.73 bits per heavy atom. The first-order valence-corrected chi connectivity index (χ1v) is 5.39. The Hall–Kier alpha value is -0.860. The van der Waals surface area contributed by atoms with Crippen molar-refractivity contribution in [1.82, 2.24) is 0 Å². The van der Waals surface area contributed by atoms with Crippen molar-refractivity contribution in [1.29, 1.82) is 0 Å². The Morgan fingerprint density at radius 3 is 2.13 bits per heavy atom. The number of rotatable bonds is 4. The van der Waals surface area contributed by atoms with Gasteiger partial charge in [0, 0.05) is 5.41 Å². The molecule has 0 saturated carbocycles. The number of benzene rings is 1. The highest BCUT2D eigenvalue weighted by Crippen LogP contribution is 2.25. The molecule has 0 amide bonds. The fraction of sp³-hybridized carbons (Fsp3) is 0.538. The van der Waals surface area contributed by atoms with Crippen LogP contribution in [0.15, 0.2) is 24.3 Å². The highest BCUT2D eigenvalue weighted by molar-refractivity contribution is 5.29. The second-order valence-corrected chi connectivity index (χ2v) is 4.97. The zero-order valence-corrected chi connectivity index (χ0v) is 10.1. The lowest BCUT2D eigenvalue weighted by atomic mass is 9.84. The summed E-state index contributed by atoms with van der Waals surface area (Å²) in [5.74, 6) is 5.71. The van der Waals surface area contributed by atoms with Gasteiger partial charge in [-0.2, -0.15) is 0 Å². The Labute approximate surface area is 92.4 Å². The summed E-state index contributed by atoms with van der Waals surface area (Å²) >= 11 is 0. The van der Waals surface area contributed by atoms with Crippen molar-refractivity contribution in [3.8, 4) is 0 Å². The van der Waals surface area contributed by atoms with Gasteiger partial charge in [-0.1, -0.05) is 52.0 Å². The van der Waals surface area contributed by atoms with E-state index >= 15 is 0 Å². The Kier molecular flexibility index (Phi) is 3.89. The van der Waals surface area contributed by atoms with Gasteiger partial charge < -0.3 is 4.84 Å². The predicted octanol–water partition coefficient (Wildman–Crippen LogP) is 2.98. The minimum Gasteiger partial charge on any atom is -0.304 e. The van der Waals surface area contributed by atoms with Gasteiger partial charge in [-0.3, -0.25) is 0 Å². The average molecular weight is 207 g/mol. The van der Waals surface area contributed by atoms with Crippen LogP contribution in [0.4, 0.5) is 0 Å². The van der Waals surface area contributed by atoms with Crippen molar-refractivity contribution in [3.63, 3.8) is 0 Å². The first-order chi connectivity index (χ1) is 6.97. The molecule has 0 aromatic heterocycles. The van der Waals surface area contributed by atoms with Crippen LogP contribution in [0.2, 0.25) is 0 Å². The molecule has 84 valence electrons. The van der Waals surface area contributed by atoms with Crippen molar-refractivity contribution in [2.75, 3.05) is 6.61 Å². The molecule has 15 heavy (non-hydrogen) atoms. The lowest BCUT2D eigenvalue weighted by Gasteiger charge is -2.24. The molecule has 0 saturated heterocycles. The summed E-state index contributed by atoms with van der Waals surface area (Å²) in [7, 11) is 0. The largest absolute Gasteiger partial charge is 0.304 e. The lowest BCUT2D eigenvalue weighted by molar-refractivity contribution is 0.0964. The van der Waals surface area contributed by atoms with Crippen molar-refractivity contribution >= 4 is 0 Å². The molecule has 0 atom stereocenters. The SMILES string of the molecule is CC(C)c1ccc(C(C)(C)CON)cc1. The van der Waals surface area contributed by atoms with E-state index in [4.69, 9.17) is 10.7 Å². The molecular formula is C13H21NO. The van der Waals surface area contributed by atoms with E-state index in [9.17, 15) is 0 Å². The molecular weight excluding hydrogens is 186 g/mol. The van der Waals surface area contributed by atoms with E-state index in [1.807, 2.05) is 0 Å². The van der Waals surface area contributed by atoms with Crippen molar-refractivity contribution in [2.45, 2.75) is 39.0 Å². The predicted molar refractivity (Wildman–Crippen MR) is 63.7 cm³/mol. The van der Waals surface area contributed by atoms with Crippen LogP contribution in [-0.4, -0.2) is 6.61 Å². The summed E-state index contributed by atoms with van der Waals surface area (Å²) in [6.45, 7) is 9.19. The van der Waals surface area contributed by atoms with Gasteiger partial charge >= 0.3 is 0 Å². The Balaban J connectivity index is 2.88. The summed E-state index contributed by atoms with van der Waals surface area (Å²) in [5.41, 5.74) is 2.60. The van der Waals surface area contributed by atoms with Gasteiger partial charge in [-0.15, -0.1) is 0 Å². The van der Waals surface area contributed by atoms with Crippen molar-refractivity contribution < 1.29 is 4.84 Å². The summed E-state index contributed by atoms with van der Waals surface area (Å²) < 4.78 is 0. The van der Waals surface area contributed by atoms with Gasteiger partial charge in [0.05, 0.1) is 6.61 Å². The first kappa shape index (κ1) is 12.2. The molecule has 0 unspecified atom stereocenters. The second kappa shape index (κ2) is 4.77. The van der Waals surface area contributed by atoms with Crippen LogP contribution in [0, 0.1) is 0 Å². The van der Waals surface area contributed by atoms with Crippen LogP contribution in [0.1, 0.15) is 44.7 Å². The molecule has 1 aromatic rings. The Morgan fingerprint density at radius 1 is 1.20 bits per heavy atom.